The number of halogens is 3. The van der Waals surface area contributed by atoms with Gasteiger partial charge in [-0.15, -0.1) is 0 Å². The van der Waals surface area contributed by atoms with Crippen molar-refractivity contribution in [1.29, 1.82) is 0 Å². The monoisotopic (exact) mass is 388 g/mol. The van der Waals surface area contributed by atoms with E-state index in [9.17, 15) is 8.78 Å². The van der Waals surface area contributed by atoms with E-state index in [-0.39, 0.29) is 5.75 Å². The zero-order chi connectivity index (χ0) is 18.6. The van der Waals surface area contributed by atoms with Gasteiger partial charge in [0.15, 0.2) is 5.11 Å². The van der Waals surface area contributed by atoms with Crippen LogP contribution in [-0.2, 0) is 13.1 Å². The summed E-state index contributed by atoms with van der Waals surface area (Å²) in [4.78, 5) is 1.72. The average Bonchev–Trinajstić information content (AvgIpc) is 2.89. The molecule has 0 spiro atoms. The third-order valence-corrected chi connectivity index (χ3v) is 4.17. The fourth-order valence-corrected chi connectivity index (χ4v) is 2.52. The van der Waals surface area contributed by atoms with Crippen LogP contribution in [0.4, 0.5) is 14.5 Å². The van der Waals surface area contributed by atoms with Crippen LogP contribution in [0.2, 0.25) is 5.02 Å². The van der Waals surface area contributed by atoms with Crippen molar-refractivity contribution in [1.82, 2.24) is 14.7 Å². The van der Waals surface area contributed by atoms with Crippen molar-refractivity contribution < 1.29 is 13.5 Å². The Morgan fingerprint density at radius 1 is 1.48 bits per heavy atom. The van der Waals surface area contributed by atoms with E-state index in [4.69, 9.17) is 23.8 Å². The van der Waals surface area contributed by atoms with Crippen molar-refractivity contribution in [2.24, 2.45) is 0 Å². The molecule has 9 heteroatoms. The molecular weight excluding hydrogens is 370 g/mol. The maximum absolute atomic E-state index is 12.6. The summed E-state index contributed by atoms with van der Waals surface area (Å²) in [5.41, 5.74) is 1.86. The van der Waals surface area contributed by atoms with Crippen molar-refractivity contribution in [3.63, 3.8) is 0 Å². The molecule has 5 nitrogen and oxygen atoms in total. The normalized spacial score (nSPS) is 10.8. The molecule has 0 aliphatic rings. The average molecular weight is 389 g/mol. The van der Waals surface area contributed by atoms with Gasteiger partial charge in [0.2, 0.25) is 0 Å². The molecule has 1 aromatic carbocycles. The molecule has 0 radical (unpaired) electrons. The minimum atomic E-state index is -2.91. The maximum Gasteiger partial charge on any atom is 0.387 e. The van der Waals surface area contributed by atoms with E-state index in [2.05, 4.69) is 15.2 Å². The van der Waals surface area contributed by atoms with Crippen LogP contribution in [-0.4, -0.2) is 33.5 Å². The summed E-state index contributed by atoms with van der Waals surface area (Å²) in [6.07, 6.45) is 1.75. The Balaban J connectivity index is 2.09. The molecule has 1 N–H and O–H groups in total. The number of benzene rings is 1. The molecule has 0 atom stereocenters. The molecular formula is C16H19ClF2N4OS. The van der Waals surface area contributed by atoms with Gasteiger partial charge in [0, 0.05) is 19.8 Å². The Morgan fingerprint density at radius 2 is 2.20 bits per heavy atom. The molecule has 0 bridgehead atoms. The Morgan fingerprint density at radius 3 is 2.80 bits per heavy atom. The van der Waals surface area contributed by atoms with Crippen LogP contribution < -0.4 is 10.1 Å². The van der Waals surface area contributed by atoms with Crippen LogP contribution in [0.3, 0.4) is 0 Å². The smallest absolute Gasteiger partial charge is 0.387 e. The Labute approximate surface area is 155 Å². The number of nitrogens with one attached hydrogen (secondary N) is 1. The molecule has 0 aliphatic carbocycles. The Hall–Kier alpha value is -1.93. The molecule has 2 aromatic rings. The quantitative estimate of drug-likeness (QED) is 0.747. The van der Waals surface area contributed by atoms with Crippen LogP contribution in [0.25, 0.3) is 0 Å². The highest BCUT2D eigenvalue weighted by Gasteiger charge is 2.15. The number of alkyl halides is 2. The molecule has 0 unspecified atom stereocenters. The summed E-state index contributed by atoms with van der Waals surface area (Å²) < 4.78 is 31.4. The number of nitrogens with zero attached hydrogens (tertiary/aromatic N) is 3. The van der Waals surface area contributed by atoms with Gasteiger partial charge in [-0.05, 0) is 43.8 Å². The number of anilines is 1. The van der Waals surface area contributed by atoms with Crippen molar-refractivity contribution in [2.75, 3.05) is 12.4 Å². The molecule has 25 heavy (non-hydrogen) atoms. The van der Waals surface area contributed by atoms with E-state index < -0.39 is 6.61 Å². The number of rotatable bonds is 6. The lowest BCUT2D eigenvalue weighted by molar-refractivity contribution is -0.0493. The minimum Gasteiger partial charge on any atom is -0.433 e. The molecule has 1 heterocycles. The van der Waals surface area contributed by atoms with E-state index >= 15 is 0 Å². The number of aromatic nitrogens is 2. The highest BCUT2D eigenvalue weighted by molar-refractivity contribution is 7.80. The lowest BCUT2D eigenvalue weighted by atomic mass is 10.2. The SMILES string of the molecule is CCn1cc(Cl)c(CN(C)C(=S)Nc2ccc(C)cc2OC(F)F)n1. The van der Waals surface area contributed by atoms with E-state index in [0.29, 0.717) is 34.6 Å². The second kappa shape index (κ2) is 8.44. The first kappa shape index (κ1) is 19.4. The van der Waals surface area contributed by atoms with Crippen LogP contribution in [0.1, 0.15) is 18.2 Å². The molecule has 136 valence electrons. The molecule has 0 fully saturated rings. The maximum atomic E-state index is 12.6. The van der Waals surface area contributed by atoms with Gasteiger partial charge in [0.05, 0.1) is 17.3 Å². The lowest BCUT2D eigenvalue weighted by Gasteiger charge is -2.21. The predicted octanol–water partition coefficient (Wildman–Crippen LogP) is 4.30. The highest BCUT2D eigenvalue weighted by atomic mass is 35.5. The second-order valence-electron chi connectivity index (χ2n) is 5.44. The van der Waals surface area contributed by atoms with E-state index in [0.717, 1.165) is 5.56 Å². The van der Waals surface area contributed by atoms with Crippen molar-refractivity contribution in [3.8, 4) is 5.75 Å². The molecule has 0 saturated heterocycles. The number of hydrogen-bond acceptors (Lipinski definition) is 3. The molecule has 0 saturated carbocycles. The summed E-state index contributed by atoms with van der Waals surface area (Å²) >= 11 is 11.5. The summed E-state index contributed by atoms with van der Waals surface area (Å²) in [5.74, 6) is 0.0408. The van der Waals surface area contributed by atoms with Crippen LogP contribution in [0.15, 0.2) is 24.4 Å². The van der Waals surface area contributed by atoms with Crippen LogP contribution in [0, 0.1) is 6.92 Å². The fraction of sp³-hybridized carbons (Fsp3) is 0.375. The molecule has 0 aliphatic heterocycles. The Bertz CT molecular complexity index is 754. The standard InChI is InChI=1S/C16H19ClF2N4OS/c1-4-23-8-11(17)13(21-23)9-22(3)16(25)20-12-6-5-10(2)7-14(12)24-15(18)19/h5-8,15H,4,9H2,1-3H3,(H,20,25). The highest BCUT2D eigenvalue weighted by Crippen LogP contribution is 2.28. The number of thiocarbonyl (C=S) groups is 1. The van der Waals surface area contributed by atoms with Gasteiger partial charge in [-0.2, -0.15) is 13.9 Å². The van der Waals surface area contributed by atoms with Gasteiger partial charge in [0.25, 0.3) is 0 Å². The summed E-state index contributed by atoms with van der Waals surface area (Å²) in [7, 11) is 1.76. The molecule has 2 rings (SSSR count). The molecule has 0 amide bonds. The van der Waals surface area contributed by atoms with Crippen molar-refractivity contribution in [2.45, 2.75) is 33.5 Å². The number of ether oxygens (including phenoxy) is 1. The summed E-state index contributed by atoms with van der Waals surface area (Å²) in [6, 6.07) is 4.95. The first-order valence-electron chi connectivity index (χ1n) is 7.59. The topological polar surface area (TPSA) is 42.3 Å². The zero-order valence-electron chi connectivity index (χ0n) is 14.1. The minimum absolute atomic E-state index is 0.0408. The third-order valence-electron chi connectivity index (χ3n) is 3.44. The third kappa shape index (κ3) is 5.27. The van der Waals surface area contributed by atoms with E-state index in [1.807, 2.05) is 6.92 Å². The fourth-order valence-electron chi connectivity index (χ4n) is 2.14. The van der Waals surface area contributed by atoms with Crippen molar-refractivity contribution in [3.05, 3.63) is 40.7 Å². The number of aryl methyl sites for hydroxylation is 2. The van der Waals surface area contributed by atoms with Gasteiger partial charge >= 0.3 is 6.61 Å². The van der Waals surface area contributed by atoms with Gasteiger partial charge in [-0.1, -0.05) is 17.7 Å². The largest absolute Gasteiger partial charge is 0.433 e. The van der Waals surface area contributed by atoms with Gasteiger partial charge < -0.3 is 15.0 Å². The first-order chi connectivity index (χ1) is 11.8. The first-order valence-corrected chi connectivity index (χ1v) is 8.38. The summed E-state index contributed by atoms with van der Waals surface area (Å²) in [5, 5.41) is 8.17. The van der Waals surface area contributed by atoms with E-state index in [1.165, 1.54) is 6.07 Å². The van der Waals surface area contributed by atoms with Crippen molar-refractivity contribution >= 4 is 34.6 Å². The molecule has 1 aromatic heterocycles. The van der Waals surface area contributed by atoms with Gasteiger partial charge in [0.1, 0.15) is 11.4 Å². The zero-order valence-corrected chi connectivity index (χ0v) is 15.7. The van der Waals surface area contributed by atoms with Crippen LogP contribution >= 0.6 is 23.8 Å². The van der Waals surface area contributed by atoms with Gasteiger partial charge in [-0.25, -0.2) is 0 Å². The second-order valence-corrected chi connectivity index (χ2v) is 6.24. The van der Waals surface area contributed by atoms with Gasteiger partial charge in [-0.3, -0.25) is 4.68 Å². The summed E-state index contributed by atoms with van der Waals surface area (Å²) in [6.45, 7) is 1.94. The van der Waals surface area contributed by atoms with E-state index in [1.54, 1.807) is 41.9 Å². The predicted molar refractivity (Wildman–Crippen MR) is 98.4 cm³/mol. The number of hydrogen-bond donors (Lipinski definition) is 1. The van der Waals surface area contributed by atoms with Crippen LogP contribution in [0.5, 0.6) is 5.75 Å². The Kier molecular flexibility index (Phi) is 6.55. The lowest BCUT2D eigenvalue weighted by Crippen LogP contribution is -2.31.